The zero-order valence-electron chi connectivity index (χ0n) is 18.0. The number of nitrogens with one attached hydrogen (secondary N) is 1. The topological polar surface area (TPSA) is 12.0 Å². The maximum absolute atomic E-state index is 4.69. The number of hydrogen-bond acceptors (Lipinski definition) is 1. The average Bonchev–Trinajstić information content (AvgIpc) is 3.52. The van der Waals surface area contributed by atoms with E-state index in [4.69, 9.17) is 6.58 Å². The summed E-state index contributed by atoms with van der Waals surface area (Å²) in [6, 6.07) is 18.0. The average molecular weight is 386 g/mol. The van der Waals surface area contributed by atoms with Crippen LogP contribution in [0.3, 0.4) is 0 Å². The maximum Gasteiger partial charge on any atom is 0.0604 e. The third-order valence-corrected chi connectivity index (χ3v) is 8.22. The molecule has 0 bridgehead atoms. The molecule has 0 radical (unpaired) electrons. The fourth-order valence-electron chi connectivity index (χ4n) is 6.48. The molecular formula is C28H35N. The van der Waals surface area contributed by atoms with Crippen LogP contribution in [-0.4, -0.2) is 6.54 Å². The highest BCUT2D eigenvalue weighted by atomic mass is 14.9. The van der Waals surface area contributed by atoms with Crippen molar-refractivity contribution < 1.29 is 0 Å². The number of hydrogen-bond donors (Lipinski definition) is 1. The Morgan fingerprint density at radius 2 is 1.52 bits per heavy atom. The Morgan fingerprint density at radius 1 is 0.931 bits per heavy atom. The van der Waals surface area contributed by atoms with Gasteiger partial charge in [-0.25, -0.2) is 0 Å². The van der Waals surface area contributed by atoms with Crippen molar-refractivity contribution in [1.82, 2.24) is 5.32 Å². The predicted molar refractivity (Wildman–Crippen MR) is 123 cm³/mol. The fraction of sp³-hybridized carbons (Fsp3) is 0.500. The van der Waals surface area contributed by atoms with Crippen molar-refractivity contribution >= 4 is 0 Å². The highest BCUT2D eigenvalue weighted by Gasteiger charge is 2.50. The molecule has 0 heterocycles. The molecule has 2 aromatic carbocycles. The molecule has 5 rings (SSSR count). The van der Waals surface area contributed by atoms with Crippen molar-refractivity contribution in [3.63, 3.8) is 0 Å². The summed E-state index contributed by atoms with van der Waals surface area (Å²) in [5, 5.41) is 3.94. The number of benzene rings is 2. The van der Waals surface area contributed by atoms with E-state index in [1.807, 2.05) is 0 Å². The van der Waals surface area contributed by atoms with E-state index in [-0.39, 0.29) is 5.41 Å². The Balaban J connectivity index is 1.46. The van der Waals surface area contributed by atoms with Gasteiger partial charge in [-0.05, 0) is 65.7 Å². The summed E-state index contributed by atoms with van der Waals surface area (Å²) in [6.07, 6.45) is 12.3. The molecule has 2 saturated carbocycles. The minimum absolute atomic E-state index is 0.0927. The first kappa shape index (κ1) is 19.0. The van der Waals surface area contributed by atoms with Gasteiger partial charge in [0.05, 0.1) is 5.41 Å². The molecule has 2 fully saturated rings. The van der Waals surface area contributed by atoms with Gasteiger partial charge in [0.25, 0.3) is 0 Å². The minimum Gasteiger partial charge on any atom is -0.387 e. The summed E-state index contributed by atoms with van der Waals surface area (Å²) in [4.78, 5) is 0. The van der Waals surface area contributed by atoms with Gasteiger partial charge in [0.2, 0.25) is 0 Å². The Labute approximate surface area is 176 Å². The van der Waals surface area contributed by atoms with E-state index >= 15 is 0 Å². The summed E-state index contributed by atoms with van der Waals surface area (Å²) in [5.41, 5.74) is 7.37. The van der Waals surface area contributed by atoms with Gasteiger partial charge in [-0.1, -0.05) is 87.7 Å². The van der Waals surface area contributed by atoms with E-state index in [2.05, 4.69) is 60.8 Å². The van der Waals surface area contributed by atoms with E-state index in [1.54, 1.807) is 0 Å². The first-order valence-electron chi connectivity index (χ1n) is 11.8. The van der Waals surface area contributed by atoms with Gasteiger partial charge >= 0.3 is 0 Å². The second kappa shape index (κ2) is 7.35. The van der Waals surface area contributed by atoms with Crippen molar-refractivity contribution in [3.8, 4) is 11.1 Å². The van der Waals surface area contributed by atoms with Crippen molar-refractivity contribution in [2.75, 3.05) is 6.54 Å². The second-order valence-electron chi connectivity index (χ2n) is 9.78. The smallest absolute Gasteiger partial charge is 0.0604 e. The van der Waals surface area contributed by atoms with E-state index in [1.165, 1.54) is 72.9 Å². The second-order valence-corrected chi connectivity index (χ2v) is 9.78. The third-order valence-electron chi connectivity index (χ3n) is 8.22. The van der Waals surface area contributed by atoms with Gasteiger partial charge in [0, 0.05) is 12.2 Å². The lowest BCUT2D eigenvalue weighted by atomic mass is 9.72. The SMILES string of the molecule is C=C(NCC1(C2CCCCC2)CC1)C1(CCC)c2ccccc2-c2ccccc21. The Morgan fingerprint density at radius 3 is 2.07 bits per heavy atom. The van der Waals surface area contributed by atoms with Crippen LogP contribution in [0.25, 0.3) is 11.1 Å². The molecule has 0 spiro atoms. The molecule has 0 saturated heterocycles. The largest absolute Gasteiger partial charge is 0.387 e. The van der Waals surface area contributed by atoms with Gasteiger partial charge in [0.15, 0.2) is 0 Å². The lowest BCUT2D eigenvalue weighted by Crippen LogP contribution is -2.39. The molecule has 1 N–H and O–H groups in total. The maximum atomic E-state index is 4.69. The number of rotatable bonds is 7. The van der Waals surface area contributed by atoms with Crippen LogP contribution in [0, 0.1) is 11.3 Å². The van der Waals surface area contributed by atoms with E-state index < -0.39 is 0 Å². The summed E-state index contributed by atoms with van der Waals surface area (Å²) >= 11 is 0. The quantitative estimate of drug-likeness (QED) is 0.530. The Hall–Kier alpha value is -2.02. The lowest BCUT2D eigenvalue weighted by Gasteiger charge is -2.37. The zero-order chi connectivity index (χ0) is 19.9. The fourth-order valence-corrected chi connectivity index (χ4v) is 6.48. The van der Waals surface area contributed by atoms with Gasteiger partial charge in [0.1, 0.15) is 0 Å². The van der Waals surface area contributed by atoms with Crippen molar-refractivity contribution in [2.24, 2.45) is 11.3 Å². The molecule has 0 aliphatic heterocycles. The molecular weight excluding hydrogens is 350 g/mol. The molecule has 3 aliphatic carbocycles. The molecule has 29 heavy (non-hydrogen) atoms. The number of allylic oxidation sites excluding steroid dienone is 1. The van der Waals surface area contributed by atoms with Crippen LogP contribution >= 0.6 is 0 Å². The molecule has 1 nitrogen and oxygen atoms in total. The monoisotopic (exact) mass is 385 g/mol. The van der Waals surface area contributed by atoms with Crippen molar-refractivity contribution in [1.29, 1.82) is 0 Å². The zero-order valence-corrected chi connectivity index (χ0v) is 18.0. The Kier molecular flexibility index (Phi) is 4.81. The van der Waals surface area contributed by atoms with Gasteiger partial charge in [-0.2, -0.15) is 0 Å². The van der Waals surface area contributed by atoms with Crippen LogP contribution in [0.5, 0.6) is 0 Å². The van der Waals surface area contributed by atoms with Crippen molar-refractivity contribution in [3.05, 3.63) is 71.9 Å². The van der Waals surface area contributed by atoms with Crippen molar-refractivity contribution in [2.45, 2.75) is 70.1 Å². The predicted octanol–water partition coefficient (Wildman–Crippen LogP) is 7.22. The standard InChI is InChI=1S/C28H35N/c1-3-17-28(21(2)29-20-27(18-19-27)22-11-5-4-6-12-22)25-15-9-7-13-23(25)24-14-8-10-16-26(24)28/h7-10,13-16,22,29H,2-6,11-12,17-20H2,1H3. The van der Waals surface area contributed by atoms with E-state index in [0.29, 0.717) is 5.41 Å². The van der Waals surface area contributed by atoms with Gasteiger partial charge in [-0.15, -0.1) is 0 Å². The van der Waals surface area contributed by atoms with Crippen LogP contribution in [0.15, 0.2) is 60.8 Å². The summed E-state index contributed by atoms with van der Waals surface area (Å²) in [5.74, 6) is 0.932. The highest BCUT2D eigenvalue weighted by molar-refractivity contribution is 5.82. The molecule has 3 aliphatic rings. The molecule has 1 heteroatoms. The first-order chi connectivity index (χ1) is 14.2. The first-order valence-corrected chi connectivity index (χ1v) is 11.8. The molecule has 0 aromatic heterocycles. The number of fused-ring (bicyclic) bond motifs is 3. The van der Waals surface area contributed by atoms with Crippen LogP contribution in [-0.2, 0) is 5.41 Å². The molecule has 0 atom stereocenters. The van der Waals surface area contributed by atoms with Gasteiger partial charge in [-0.3, -0.25) is 0 Å². The lowest BCUT2D eigenvalue weighted by molar-refractivity contribution is 0.223. The van der Waals surface area contributed by atoms with Crippen LogP contribution in [0.4, 0.5) is 0 Å². The van der Waals surface area contributed by atoms with E-state index in [0.717, 1.165) is 25.3 Å². The summed E-state index contributed by atoms with van der Waals surface area (Å²) in [7, 11) is 0. The highest BCUT2D eigenvalue weighted by Crippen LogP contribution is 2.57. The minimum atomic E-state index is -0.0927. The molecule has 0 amide bonds. The summed E-state index contributed by atoms with van der Waals surface area (Å²) < 4.78 is 0. The summed E-state index contributed by atoms with van der Waals surface area (Å²) in [6.45, 7) is 8.12. The molecule has 2 aromatic rings. The molecule has 0 unspecified atom stereocenters. The van der Waals surface area contributed by atoms with Crippen LogP contribution < -0.4 is 5.32 Å². The van der Waals surface area contributed by atoms with Gasteiger partial charge < -0.3 is 5.32 Å². The van der Waals surface area contributed by atoms with Crippen LogP contribution in [0.1, 0.15) is 75.8 Å². The van der Waals surface area contributed by atoms with E-state index in [9.17, 15) is 0 Å². The normalized spacial score (nSPS) is 21.3. The van der Waals surface area contributed by atoms with Crippen LogP contribution in [0.2, 0.25) is 0 Å². The Bertz CT molecular complexity index is 853. The molecule has 152 valence electrons. The third kappa shape index (κ3) is 2.97.